The van der Waals surface area contributed by atoms with Gasteiger partial charge in [-0.3, -0.25) is 0 Å². The van der Waals surface area contributed by atoms with E-state index in [-0.39, 0.29) is 11.9 Å². The fourth-order valence-electron chi connectivity index (χ4n) is 2.16. The zero-order chi connectivity index (χ0) is 14.6. The van der Waals surface area contributed by atoms with E-state index in [9.17, 15) is 8.42 Å². The first-order valence-corrected chi connectivity index (χ1v) is 8.80. The van der Waals surface area contributed by atoms with Crippen LogP contribution in [-0.4, -0.2) is 34.8 Å². The third kappa shape index (κ3) is 4.26. The molecular weight excluding hydrogens is 304 g/mol. The van der Waals surface area contributed by atoms with Crippen LogP contribution in [-0.2, 0) is 19.5 Å². The fourth-order valence-corrected chi connectivity index (χ4v) is 3.11. The molecule has 0 unspecified atom stereocenters. The van der Waals surface area contributed by atoms with Crippen molar-refractivity contribution in [1.82, 2.24) is 0 Å². The van der Waals surface area contributed by atoms with Crippen molar-refractivity contribution in [2.45, 2.75) is 24.7 Å². The zero-order valence-corrected chi connectivity index (χ0v) is 12.7. The molecule has 0 radical (unpaired) electrons. The quantitative estimate of drug-likeness (QED) is 0.779. The van der Waals surface area contributed by atoms with Gasteiger partial charge >= 0.3 is 0 Å². The van der Waals surface area contributed by atoms with Crippen molar-refractivity contribution in [2.75, 3.05) is 20.3 Å². The minimum atomic E-state index is -3.64. The van der Waals surface area contributed by atoms with Gasteiger partial charge < -0.3 is 14.2 Å². The van der Waals surface area contributed by atoms with Crippen molar-refractivity contribution in [2.24, 2.45) is 0 Å². The van der Waals surface area contributed by atoms with Crippen LogP contribution in [0.5, 0.6) is 11.5 Å². The summed E-state index contributed by atoms with van der Waals surface area (Å²) in [6, 6.07) is 5.16. The first-order valence-electron chi connectivity index (χ1n) is 6.32. The molecular formula is C13H17ClO5S. The maximum Gasteiger partial charge on any atom is 0.236 e. The van der Waals surface area contributed by atoms with E-state index < -0.39 is 9.05 Å². The first-order chi connectivity index (χ1) is 9.49. The van der Waals surface area contributed by atoms with Gasteiger partial charge in [0.05, 0.1) is 26.1 Å². The molecule has 0 aliphatic carbocycles. The summed E-state index contributed by atoms with van der Waals surface area (Å²) in [7, 11) is 3.14. The van der Waals surface area contributed by atoms with E-state index in [4.69, 9.17) is 24.9 Å². The second-order valence-electron chi connectivity index (χ2n) is 4.56. The lowest BCUT2D eigenvalue weighted by Crippen LogP contribution is -2.26. The Morgan fingerprint density at radius 3 is 2.65 bits per heavy atom. The van der Waals surface area contributed by atoms with E-state index in [1.165, 1.54) is 7.11 Å². The third-order valence-electron chi connectivity index (χ3n) is 3.05. The van der Waals surface area contributed by atoms with Crippen LogP contribution in [0.25, 0.3) is 0 Å². The van der Waals surface area contributed by atoms with Gasteiger partial charge in [-0.1, -0.05) is 12.1 Å². The summed E-state index contributed by atoms with van der Waals surface area (Å²) in [5.74, 6) is 0.670. The molecule has 0 saturated carbocycles. The van der Waals surface area contributed by atoms with Crippen molar-refractivity contribution in [3.05, 3.63) is 23.8 Å². The van der Waals surface area contributed by atoms with E-state index in [0.29, 0.717) is 30.3 Å². The van der Waals surface area contributed by atoms with Crippen LogP contribution in [0.2, 0.25) is 0 Å². The van der Waals surface area contributed by atoms with Gasteiger partial charge in [-0.05, 0) is 6.07 Å². The highest BCUT2D eigenvalue weighted by molar-refractivity contribution is 8.13. The van der Waals surface area contributed by atoms with Crippen molar-refractivity contribution in [1.29, 1.82) is 0 Å². The van der Waals surface area contributed by atoms with Gasteiger partial charge in [0.2, 0.25) is 9.05 Å². The molecule has 1 aliphatic rings. The molecule has 112 valence electrons. The van der Waals surface area contributed by atoms with Crippen LogP contribution >= 0.6 is 10.7 Å². The molecule has 1 saturated heterocycles. The Morgan fingerprint density at radius 2 is 2.05 bits per heavy atom. The summed E-state index contributed by atoms with van der Waals surface area (Å²) in [5, 5.41) is 0. The zero-order valence-electron chi connectivity index (χ0n) is 11.2. The lowest BCUT2D eigenvalue weighted by atomic mass is 10.1. The van der Waals surface area contributed by atoms with Crippen molar-refractivity contribution >= 4 is 19.7 Å². The van der Waals surface area contributed by atoms with Crippen molar-refractivity contribution < 1.29 is 22.6 Å². The van der Waals surface area contributed by atoms with E-state index in [1.807, 2.05) is 0 Å². The van der Waals surface area contributed by atoms with Crippen LogP contribution in [0.15, 0.2) is 18.2 Å². The third-order valence-corrected chi connectivity index (χ3v) is 4.04. The van der Waals surface area contributed by atoms with Crippen LogP contribution < -0.4 is 9.47 Å². The molecule has 1 aliphatic heterocycles. The number of halogens is 1. The van der Waals surface area contributed by atoms with Crippen LogP contribution in [0.1, 0.15) is 18.4 Å². The lowest BCUT2D eigenvalue weighted by molar-refractivity contribution is 0.0245. The highest BCUT2D eigenvalue weighted by Gasteiger charge is 2.20. The normalized spacial score (nSPS) is 16.9. The van der Waals surface area contributed by atoms with Gasteiger partial charge in [0.25, 0.3) is 0 Å². The lowest BCUT2D eigenvalue weighted by Gasteiger charge is -2.24. The molecule has 1 aromatic rings. The van der Waals surface area contributed by atoms with Crippen LogP contribution in [0.3, 0.4) is 0 Å². The number of ether oxygens (including phenoxy) is 3. The number of rotatable bonds is 5. The molecule has 20 heavy (non-hydrogen) atoms. The minimum absolute atomic E-state index is 0.0560. The Hall–Kier alpha value is -0.980. The maximum absolute atomic E-state index is 11.2. The Balaban J connectivity index is 2.21. The Bertz CT molecular complexity index is 552. The SMILES string of the molecule is COc1c(CS(=O)(=O)Cl)cccc1OC1CCOCC1. The smallest absolute Gasteiger partial charge is 0.236 e. The molecule has 7 heteroatoms. The Kier molecular flexibility index (Phi) is 5.12. The number of para-hydroxylation sites is 1. The number of hydrogen-bond acceptors (Lipinski definition) is 5. The van der Waals surface area contributed by atoms with Crippen molar-refractivity contribution in [3.8, 4) is 11.5 Å². The van der Waals surface area contributed by atoms with E-state index >= 15 is 0 Å². The highest BCUT2D eigenvalue weighted by Crippen LogP contribution is 2.34. The second kappa shape index (κ2) is 6.65. The van der Waals surface area contributed by atoms with E-state index in [0.717, 1.165) is 12.8 Å². The molecule has 0 bridgehead atoms. The standard InChI is InChI=1S/C13H17ClO5S/c1-17-13-10(9-20(14,15)16)3-2-4-12(13)19-11-5-7-18-8-6-11/h2-4,11H,5-9H2,1H3. The predicted molar refractivity (Wildman–Crippen MR) is 75.9 cm³/mol. The van der Waals surface area contributed by atoms with Gasteiger partial charge in [0.1, 0.15) is 6.10 Å². The number of benzene rings is 1. The molecule has 1 heterocycles. The average molecular weight is 321 g/mol. The number of hydrogen-bond donors (Lipinski definition) is 0. The van der Waals surface area contributed by atoms with Crippen LogP contribution in [0.4, 0.5) is 0 Å². The van der Waals surface area contributed by atoms with Crippen molar-refractivity contribution in [3.63, 3.8) is 0 Å². The van der Waals surface area contributed by atoms with Gasteiger partial charge in [-0.2, -0.15) is 0 Å². The molecule has 1 fully saturated rings. The summed E-state index contributed by atoms with van der Waals surface area (Å²) in [6.07, 6.45) is 1.67. The van der Waals surface area contributed by atoms with Gasteiger partial charge in [-0.15, -0.1) is 0 Å². The van der Waals surface area contributed by atoms with E-state index in [2.05, 4.69) is 0 Å². The molecule has 2 rings (SSSR count). The fraction of sp³-hybridized carbons (Fsp3) is 0.538. The van der Waals surface area contributed by atoms with Gasteiger partial charge in [0, 0.05) is 29.1 Å². The first kappa shape index (κ1) is 15.4. The highest BCUT2D eigenvalue weighted by atomic mass is 35.7. The monoisotopic (exact) mass is 320 g/mol. The second-order valence-corrected chi connectivity index (χ2v) is 7.34. The average Bonchev–Trinajstić information content (AvgIpc) is 2.38. The summed E-state index contributed by atoms with van der Waals surface area (Å²) >= 11 is 0. The predicted octanol–water partition coefficient (Wildman–Crippen LogP) is 2.32. The molecule has 0 amide bonds. The Labute approximate surface area is 123 Å². The van der Waals surface area contributed by atoms with Crippen LogP contribution in [0, 0.1) is 0 Å². The molecule has 0 spiro atoms. The Morgan fingerprint density at radius 1 is 1.35 bits per heavy atom. The van der Waals surface area contributed by atoms with Gasteiger partial charge in [0.15, 0.2) is 11.5 Å². The molecule has 1 aromatic carbocycles. The maximum atomic E-state index is 11.2. The molecule has 0 N–H and O–H groups in total. The molecule has 5 nitrogen and oxygen atoms in total. The van der Waals surface area contributed by atoms with E-state index in [1.54, 1.807) is 18.2 Å². The largest absolute Gasteiger partial charge is 0.493 e. The van der Waals surface area contributed by atoms with Gasteiger partial charge in [-0.25, -0.2) is 8.42 Å². The summed E-state index contributed by atoms with van der Waals surface area (Å²) in [4.78, 5) is 0. The summed E-state index contributed by atoms with van der Waals surface area (Å²) in [6.45, 7) is 1.34. The topological polar surface area (TPSA) is 61.8 Å². The number of methoxy groups -OCH3 is 1. The minimum Gasteiger partial charge on any atom is -0.493 e. The molecule has 0 atom stereocenters. The summed E-state index contributed by atoms with van der Waals surface area (Å²) in [5.41, 5.74) is 0.493. The summed E-state index contributed by atoms with van der Waals surface area (Å²) < 4.78 is 38.9. The molecule has 0 aromatic heterocycles.